The molecule has 0 aliphatic carbocycles. The fraction of sp³-hybridized carbons (Fsp3) is 0.125. The number of carbonyl (C=O) groups excluding carboxylic acids is 2. The van der Waals surface area contributed by atoms with Crippen molar-refractivity contribution < 1.29 is 19.1 Å². The number of rotatable bonds is 8. The van der Waals surface area contributed by atoms with Crippen molar-refractivity contribution in [2.24, 2.45) is 5.10 Å². The van der Waals surface area contributed by atoms with Crippen molar-refractivity contribution in [3.63, 3.8) is 0 Å². The smallest absolute Gasteiger partial charge is 0.343 e. The zero-order valence-corrected chi connectivity index (χ0v) is 20.4. The Balaban J connectivity index is 1.69. The number of halogens is 2. The summed E-state index contributed by atoms with van der Waals surface area (Å²) in [6.45, 7) is 2.64. The van der Waals surface area contributed by atoms with Crippen LogP contribution in [0.15, 0.2) is 80.8 Å². The van der Waals surface area contributed by atoms with Crippen molar-refractivity contribution in [3.8, 4) is 11.5 Å². The van der Waals surface area contributed by atoms with E-state index in [9.17, 15) is 9.59 Å². The van der Waals surface area contributed by atoms with Gasteiger partial charge in [-0.25, -0.2) is 10.2 Å². The average molecular weight is 560 g/mol. The van der Waals surface area contributed by atoms with E-state index in [1.54, 1.807) is 66.7 Å². The maximum absolute atomic E-state index is 12.6. The highest BCUT2D eigenvalue weighted by atomic mass is 79.9. The summed E-state index contributed by atoms with van der Waals surface area (Å²) in [5.74, 6) is 0.142. The number of nitrogens with zero attached hydrogens (tertiary/aromatic N) is 1. The van der Waals surface area contributed by atoms with Gasteiger partial charge in [0.1, 0.15) is 11.5 Å². The second kappa shape index (κ2) is 11.6. The van der Waals surface area contributed by atoms with Gasteiger partial charge in [0, 0.05) is 20.1 Å². The Labute approximate surface area is 202 Å². The minimum atomic E-state index is -0.511. The first kappa shape index (κ1) is 23.7. The molecule has 0 saturated carbocycles. The van der Waals surface area contributed by atoms with Crippen molar-refractivity contribution in [2.45, 2.75) is 13.3 Å². The first-order valence-electron chi connectivity index (χ1n) is 9.80. The number of benzene rings is 3. The Morgan fingerprint density at radius 3 is 2.28 bits per heavy atom. The van der Waals surface area contributed by atoms with Crippen molar-refractivity contribution in [1.29, 1.82) is 0 Å². The van der Waals surface area contributed by atoms with Crippen LogP contribution in [0.25, 0.3) is 0 Å². The normalized spacial score (nSPS) is 10.7. The van der Waals surface area contributed by atoms with Crippen LogP contribution in [-0.4, -0.2) is 24.7 Å². The number of nitrogens with one attached hydrogen (secondary N) is 1. The summed E-state index contributed by atoms with van der Waals surface area (Å²) < 4.78 is 12.7. The van der Waals surface area contributed by atoms with E-state index >= 15 is 0 Å². The number of hydrazone groups is 1. The van der Waals surface area contributed by atoms with Crippen LogP contribution in [-0.2, 0) is 0 Å². The summed E-state index contributed by atoms with van der Waals surface area (Å²) in [6.07, 6.45) is 2.33. The average Bonchev–Trinajstić information content (AvgIpc) is 2.80. The molecule has 0 unspecified atom stereocenters. The largest absolute Gasteiger partial charge is 0.494 e. The highest BCUT2D eigenvalue weighted by Crippen LogP contribution is 2.23. The SMILES string of the molecule is CCCOc1ccc(C(=O)Oc2ccc(Br)cc2/C=N\NC(=O)c2ccc(Br)cc2)cc1. The van der Waals surface area contributed by atoms with Crippen LogP contribution in [0.5, 0.6) is 11.5 Å². The predicted octanol–water partition coefficient (Wildman–Crippen LogP) is 5.98. The van der Waals surface area contributed by atoms with Gasteiger partial charge in [-0.05, 0) is 73.2 Å². The summed E-state index contributed by atoms with van der Waals surface area (Å²) in [7, 11) is 0. The van der Waals surface area contributed by atoms with Crippen LogP contribution in [0.3, 0.4) is 0 Å². The molecule has 3 rings (SSSR count). The standard InChI is InChI=1S/C24H20Br2N2O4/c1-2-13-31-21-10-5-17(6-11-21)24(30)32-22-12-9-20(26)14-18(22)15-27-28-23(29)16-3-7-19(25)8-4-16/h3-12,14-15H,2,13H2,1H3,(H,28,29)/b27-15-. The number of hydrogen-bond donors (Lipinski definition) is 1. The van der Waals surface area contributed by atoms with Crippen molar-refractivity contribution in [3.05, 3.63) is 92.4 Å². The molecule has 3 aromatic rings. The molecule has 0 aromatic heterocycles. The summed E-state index contributed by atoms with van der Waals surface area (Å²) in [5, 5.41) is 4.00. The van der Waals surface area contributed by atoms with Crippen LogP contribution in [0.4, 0.5) is 0 Å². The Morgan fingerprint density at radius 2 is 1.59 bits per heavy atom. The van der Waals surface area contributed by atoms with E-state index in [-0.39, 0.29) is 5.91 Å². The van der Waals surface area contributed by atoms with E-state index in [2.05, 4.69) is 42.4 Å². The Bertz CT molecular complexity index is 1110. The summed E-state index contributed by atoms with van der Waals surface area (Å²) in [6, 6.07) is 18.8. The van der Waals surface area contributed by atoms with Gasteiger partial charge in [0.05, 0.1) is 18.4 Å². The van der Waals surface area contributed by atoms with E-state index in [1.807, 2.05) is 6.92 Å². The van der Waals surface area contributed by atoms with Gasteiger partial charge in [-0.15, -0.1) is 0 Å². The zero-order valence-electron chi connectivity index (χ0n) is 17.2. The van der Waals surface area contributed by atoms with E-state index in [0.717, 1.165) is 15.4 Å². The van der Waals surface area contributed by atoms with Gasteiger partial charge in [-0.2, -0.15) is 5.10 Å². The lowest BCUT2D eigenvalue weighted by Gasteiger charge is -2.09. The van der Waals surface area contributed by atoms with Crippen LogP contribution >= 0.6 is 31.9 Å². The van der Waals surface area contributed by atoms with Crippen LogP contribution in [0.2, 0.25) is 0 Å². The quantitative estimate of drug-likeness (QED) is 0.159. The number of amides is 1. The van der Waals surface area contributed by atoms with Crippen LogP contribution < -0.4 is 14.9 Å². The molecule has 0 spiro atoms. The minimum Gasteiger partial charge on any atom is -0.494 e. The van der Waals surface area contributed by atoms with Gasteiger partial charge in [0.25, 0.3) is 5.91 Å². The third-order valence-electron chi connectivity index (χ3n) is 4.21. The van der Waals surface area contributed by atoms with Crippen molar-refractivity contribution in [2.75, 3.05) is 6.61 Å². The Hall–Kier alpha value is -2.97. The molecule has 1 N–H and O–H groups in total. The molecular weight excluding hydrogens is 540 g/mol. The van der Waals surface area contributed by atoms with Crippen molar-refractivity contribution >= 4 is 50.0 Å². The summed E-state index contributed by atoms with van der Waals surface area (Å²) >= 11 is 6.72. The molecule has 0 aliphatic rings. The number of esters is 1. The lowest BCUT2D eigenvalue weighted by atomic mass is 10.2. The van der Waals surface area contributed by atoms with Gasteiger partial charge in [0.2, 0.25) is 0 Å². The third-order valence-corrected chi connectivity index (χ3v) is 5.24. The molecule has 0 heterocycles. The molecule has 0 bridgehead atoms. The fourth-order valence-corrected chi connectivity index (χ4v) is 3.25. The maximum atomic E-state index is 12.6. The van der Waals surface area contributed by atoms with Crippen LogP contribution in [0, 0.1) is 0 Å². The first-order valence-corrected chi connectivity index (χ1v) is 11.4. The van der Waals surface area contributed by atoms with Crippen LogP contribution in [0.1, 0.15) is 39.6 Å². The molecule has 3 aromatic carbocycles. The Kier molecular flexibility index (Phi) is 8.58. The molecule has 0 aliphatic heterocycles. The second-order valence-corrected chi connectivity index (χ2v) is 8.48. The lowest BCUT2D eigenvalue weighted by Crippen LogP contribution is -2.17. The zero-order chi connectivity index (χ0) is 22.9. The van der Waals surface area contributed by atoms with Crippen molar-refractivity contribution in [1.82, 2.24) is 5.43 Å². The monoisotopic (exact) mass is 558 g/mol. The van der Waals surface area contributed by atoms with Gasteiger partial charge < -0.3 is 9.47 Å². The topological polar surface area (TPSA) is 77.0 Å². The van der Waals surface area contributed by atoms with E-state index in [4.69, 9.17) is 9.47 Å². The molecule has 0 saturated heterocycles. The highest BCUT2D eigenvalue weighted by Gasteiger charge is 2.12. The third kappa shape index (κ3) is 6.77. The number of hydrogen-bond acceptors (Lipinski definition) is 5. The molecule has 164 valence electrons. The van der Waals surface area contributed by atoms with E-state index in [0.29, 0.717) is 34.8 Å². The lowest BCUT2D eigenvalue weighted by molar-refractivity contribution is 0.0734. The molecule has 0 fully saturated rings. The molecule has 1 amide bonds. The molecule has 0 atom stereocenters. The fourth-order valence-electron chi connectivity index (χ4n) is 2.61. The Morgan fingerprint density at radius 1 is 0.938 bits per heavy atom. The van der Waals surface area contributed by atoms with Gasteiger partial charge in [-0.1, -0.05) is 38.8 Å². The highest BCUT2D eigenvalue weighted by molar-refractivity contribution is 9.10. The van der Waals surface area contributed by atoms with E-state index < -0.39 is 5.97 Å². The molecule has 8 heteroatoms. The summed E-state index contributed by atoms with van der Waals surface area (Å²) in [4.78, 5) is 24.8. The maximum Gasteiger partial charge on any atom is 0.343 e. The van der Waals surface area contributed by atoms with E-state index in [1.165, 1.54) is 6.21 Å². The van der Waals surface area contributed by atoms with Gasteiger partial charge in [-0.3, -0.25) is 4.79 Å². The number of carbonyl (C=O) groups is 2. The molecule has 6 nitrogen and oxygen atoms in total. The molecule has 32 heavy (non-hydrogen) atoms. The number of ether oxygens (including phenoxy) is 2. The van der Waals surface area contributed by atoms with Gasteiger partial charge in [0.15, 0.2) is 0 Å². The summed E-state index contributed by atoms with van der Waals surface area (Å²) in [5.41, 5.74) is 3.85. The minimum absolute atomic E-state index is 0.311. The first-order chi connectivity index (χ1) is 15.5. The predicted molar refractivity (Wildman–Crippen MR) is 131 cm³/mol. The molecular formula is C24H20Br2N2O4. The molecule has 0 radical (unpaired) electrons. The second-order valence-electron chi connectivity index (χ2n) is 6.65. The van der Waals surface area contributed by atoms with Gasteiger partial charge >= 0.3 is 5.97 Å².